The lowest BCUT2D eigenvalue weighted by Gasteiger charge is -2.35. The average Bonchev–Trinajstić information content (AvgIpc) is 3.97. The number of β-amino-alcohol motifs (C(OH)–C–C–N with tert-alkyl or cyclic N) is 2. The van der Waals surface area contributed by atoms with Crippen molar-refractivity contribution in [2.75, 3.05) is 26.2 Å². The number of halogens is 2. The number of aliphatic hydroxyl groups is 2. The van der Waals surface area contributed by atoms with Gasteiger partial charge in [-0.05, 0) is 58.5 Å². The lowest BCUT2D eigenvalue weighted by Crippen LogP contribution is -2.49. The molecule has 2 aliphatic rings. The number of aromatic amines is 2. The Labute approximate surface area is 329 Å². The van der Waals surface area contributed by atoms with Crippen molar-refractivity contribution in [3.05, 3.63) is 118 Å². The first kappa shape index (κ1) is 34.2. The molecule has 2 fully saturated rings. The van der Waals surface area contributed by atoms with Crippen LogP contribution in [-0.2, 0) is 13.1 Å². The molecular weight excluding hydrogens is 756 g/mol. The maximum atomic E-state index is 9.69. The lowest BCUT2D eigenvalue weighted by atomic mass is 9.95. The van der Waals surface area contributed by atoms with Crippen LogP contribution >= 0.6 is 46.3 Å². The van der Waals surface area contributed by atoms with Crippen molar-refractivity contribution in [3.63, 3.8) is 0 Å². The summed E-state index contributed by atoms with van der Waals surface area (Å²) >= 11 is 17.6. The number of nitrogens with zero attached hydrogens (tertiary/aromatic N) is 4. The summed E-state index contributed by atoms with van der Waals surface area (Å²) in [7, 11) is 0. The van der Waals surface area contributed by atoms with Crippen LogP contribution in [0.25, 0.3) is 76.3 Å². The van der Waals surface area contributed by atoms with Crippen molar-refractivity contribution >= 4 is 66.4 Å². The molecule has 0 atom stereocenters. The summed E-state index contributed by atoms with van der Waals surface area (Å²) in [6, 6.07) is 29.3. The molecule has 8 aromatic rings. The summed E-state index contributed by atoms with van der Waals surface area (Å²) < 4.78 is 12.1. The molecule has 0 radical (unpaired) electrons. The van der Waals surface area contributed by atoms with E-state index in [0.717, 1.165) is 116 Å². The highest BCUT2D eigenvalue weighted by Gasteiger charge is 2.26. The highest BCUT2D eigenvalue weighted by atomic mass is 35.5. The van der Waals surface area contributed by atoms with Gasteiger partial charge in [-0.1, -0.05) is 83.9 Å². The summed E-state index contributed by atoms with van der Waals surface area (Å²) in [6.45, 7) is 4.53. The van der Waals surface area contributed by atoms with Gasteiger partial charge >= 0.3 is 0 Å². The first-order valence-electron chi connectivity index (χ1n) is 17.9. The lowest BCUT2D eigenvalue weighted by molar-refractivity contribution is -0.00305. The molecule has 0 spiro atoms. The topological polar surface area (TPSA) is 104 Å². The quantitative estimate of drug-likeness (QED) is 0.116. The molecule has 2 aliphatic heterocycles. The van der Waals surface area contributed by atoms with Crippen molar-refractivity contribution in [2.45, 2.75) is 25.3 Å². The van der Waals surface area contributed by atoms with Crippen LogP contribution in [0, 0.1) is 0 Å². The summed E-state index contributed by atoms with van der Waals surface area (Å²) in [6.07, 6.45) is 3.44. The summed E-state index contributed by atoms with van der Waals surface area (Å²) in [4.78, 5) is 11.4. The second-order valence-electron chi connectivity index (χ2n) is 14.3. The Morgan fingerprint density at radius 1 is 0.574 bits per heavy atom. The molecule has 6 heterocycles. The molecule has 0 bridgehead atoms. The van der Waals surface area contributed by atoms with Gasteiger partial charge in [0.25, 0.3) is 0 Å². The molecule has 54 heavy (non-hydrogen) atoms. The molecular formula is C42H34Cl2N6O2S2. The van der Waals surface area contributed by atoms with E-state index in [1.165, 1.54) is 34.2 Å². The minimum atomic E-state index is -0.212. The molecule has 0 unspecified atom stereocenters. The van der Waals surface area contributed by atoms with Gasteiger partial charge in [0.1, 0.15) is 0 Å². The van der Waals surface area contributed by atoms with Crippen LogP contribution in [0.2, 0.25) is 10.0 Å². The SMILES string of the molecule is OC1CN(Cc2ccc3c(-c4cc[nH]c4-c4cccc(-c5cccc(-c6[nH]ccc6-c6nsc7cc(CN8CC(O)C8)ccc67)c5Cl)c4Cl)nsc3c2)C1. The standard InChI is InChI=1S/C42H34Cl2N6O2S2/c43-37-27(3-1-5-31(37)39-33(11-13-45-39)41-29-9-7-23(15-35(29)53-47-41)17-49-19-25(51)20-49)28-4-2-6-32(38(28)44)40-34(12-14-46-40)42-30-10-8-24(16-36(30)54-48-42)18-50-21-26(52)22-50/h1-16,25-26,45-46,51-52H,17-22H2. The largest absolute Gasteiger partial charge is 0.390 e. The maximum Gasteiger partial charge on any atom is 0.0940 e. The van der Waals surface area contributed by atoms with Crippen molar-refractivity contribution in [2.24, 2.45) is 0 Å². The Balaban J connectivity index is 0.966. The Morgan fingerprint density at radius 2 is 1.00 bits per heavy atom. The molecule has 4 aromatic heterocycles. The van der Waals surface area contributed by atoms with Crippen LogP contribution in [0.5, 0.6) is 0 Å². The summed E-state index contributed by atoms with van der Waals surface area (Å²) in [5, 5.41) is 22.8. The van der Waals surface area contributed by atoms with Gasteiger partial charge in [-0.2, -0.15) is 8.75 Å². The predicted octanol–water partition coefficient (Wildman–Crippen LogP) is 9.56. The number of H-pyrrole nitrogens is 2. The molecule has 2 saturated heterocycles. The molecule has 0 amide bonds. The Kier molecular flexibility index (Phi) is 8.69. The third-order valence-corrected chi connectivity index (χ3v) is 13.0. The highest BCUT2D eigenvalue weighted by molar-refractivity contribution is 7.14. The van der Waals surface area contributed by atoms with Crippen LogP contribution in [0.3, 0.4) is 0 Å². The van der Waals surface area contributed by atoms with E-state index >= 15 is 0 Å². The Hall–Kier alpha value is -4.36. The number of rotatable bonds is 9. The molecule has 8 nitrogen and oxygen atoms in total. The normalized spacial score (nSPS) is 15.7. The second kappa shape index (κ2) is 13.7. The predicted molar refractivity (Wildman–Crippen MR) is 221 cm³/mol. The van der Waals surface area contributed by atoms with Crippen LogP contribution in [-0.4, -0.2) is 77.1 Å². The van der Waals surface area contributed by atoms with E-state index in [-0.39, 0.29) is 12.2 Å². The van der Waals surface area contributed by atoms with Crippen molar-refractivity contribution in [1.29, 1.82) is 0 Å². The fraction of sp³-hybridized carbons (Fsp3) is 0.190. The summed E-state index contributed by atoms with van der Waals surface area (Å²) in [5.74, 6) is 0. The van der Waals surface area contributed by atoms with E-state index < -0.39 is 0 Å². The number of fused-ring (bicyclic) bond motifs is 2. The van der Waals surface area contributed by atoms with E-state index in [9.17, 15) is 10.2 Å². The molecule has 12 heteroatoms. The fourth-order valence-corrected chi connectivity index (χ4v) is 10.2. The third-order valence-electron chi connectivity index (χ3n) is 10.6. The third kappa shape index (κ3) is 5.98. The Morgan fingerprint density at radius 3 is 1.43 bits per heavy atom. The van der Waals surface area contributed by atoms with Gasteiger partial charge in [-0.15, -0.1) is 0 Å². The number of likely N-dealkylation sites (tertiary alicyclic amines) is 2. The fourth-order valence-electron chi connectivity index (χ4n) is 7.85. The van der Waals surface area contributed by atoms with Gasteiger partial charge in [-0.25, -0.2) is 0 Å². The van der Waals surface area contributed by atoms with Crippen molar-refractivity contribution in [3.8, 4) is 56.2 Å². The van der Waals surface area contributed by atoms with Crippen molar-refractivity contribution < 1.29 is 10.2 Å². The van der Waals surface area contributed by atoms with E-state index in [1.54, 1.807) is 0 Å². The first-order chi connectivity index (χ1) is 26.4. The van der Waals surface area contributed by atoms with Crippen molar-refractivity contribution in [1.82, 2.24) is 28.5 Å². The molecule has 4 aromatic carbocycles. The number of nitrogens with one attached hydrogen (secondary N) is 2. The van der Waals surface area contributed by atoms with Gasteiger partial charge in [0.2, 0.25) is 0 Å². The van der Waals surface area contributed by atoms with Gasteiger partial charge in [0.15, 0.2) is 0 Å². The zero-order valence-corrected chi connectivity index (χ0v) is 32.0. The first-order valence-corrected chi connectivity index (χ1v) is 20.2. The summed E-state index contributed by atoms with van der Waals surface area (Å²) in [5.41, 5.74) is 11.4. The molecule has 4 N–H and O–H groups in total. The number of aliphatic hydroxyl groups excluding tert-OH is 2. The second-order valence-corrected chi connectivity index (χ2v) is 16.7. The minimum absolute atomic E-state index is 0.212. The zero-order valence-electron chi connectivity index (χ0n) is 28.9. The maximum absolute atomic E-state index is 9.69. The number of aromatic nitrogens is 4. The van der Waals surface area contributed by atoms with Crippen LogP contribution < -0.4 is 0 Å². The van der Waals surface area contributed by atoms with Gasteiger partial charge < -0.3 is 20.2 Å². The monoisotopic (exact) mass is 788 g/mol. The smallest absolute Gasteiger partial charge is 0.0940 e. The van der Waals surface area contributed by atoms with E-state index in [4.69, 9.17) is 31.9 Å². The van der Waals surface area contributed by atoms with E-state index in [2.05, 4.69) is 68.3 Å². The molecule has 0 aliphatic carbocycles. The molecule has 0 saturated carbocycles. The zero-order chi connectivity index (χ0) is 36.5. The van der Waals surface area contributed by atoms with Gasteiger partial charge in [0, 0.05) is 95.8 Å². The number of benzene rings is 4. The van der Waals surface area contributed by atoms with Gasteiger partial charge in [0.05, 0.1) is 54.4 Å². The van der Waals surface area contributed by atoms with Gasteiger partial charge in [-0.3, -0.25) is 9.80 Å². The van der Waals surface area contributed by atoms with E-state index in [1.807, 2.05) is 48.8 Å². The Bertz CT molecular complexity index is 2500. The molecule has 270 valence electrons. The van der Waals surface area contributed by atoms with Crippen LogP contribution in [0.4, 0.5) is 0 Å². The number of hydrogen-bond acceptors (Lipinski definition) is 8. The number of hydrogen-bond donors (Lipinski definition) is 4. The highest BCUT2D eigenvalue weighted by Crippen LogP contribution is 2.46. The molecule has 10 rings (SSSR count). The van der Waals surface area contributed by atoms with E-state index in [0.29, 0.717) is 10.0 Å². The average molecular weight is 790 g/mol. The van der Waals surface area contributed by atoms with Crippen LogP contribution in [0.1, 0.15) is 11.1 Å². The minimum Gasteiger partial charge on any atom is -0.390 e. The van der Waals surface area contributed by atoms with Crippen LogP contribution in [0.15, 0.2) is 97.3 Å².